The summed E-state index contributed by atoms with van der Waals surface area (Å²) in [6.07, 6.45) is 0. The molecule has 0 radical (unpaired) electrons. The lowest BCUT2D eigenvalue weighted by molar-refractivity contribution is 0.651. The lowest BCUT2D eigenvalue weighted by Gasteiger charge is -2.13. The van der Waals surface area contributed by atoms with Crippen molar-refractivity contribution in [3.8, 4) is 0 Å². The lowest BCUT2D eigenvalue weighted by Crippen LogP contribution is -2.13. The molecular formula is C13H15ClN2. The fraction of sp³-hybridized carbons (Fsp3) is 0.308. The van der Waals surface area contributed by atoms with Crippen LogP contribution < -0.4 is 5.32 Å². The molecule has 2 aromatic rings. The first-order valence-corrected chi connectivity index (χ1v) is 5.73. The third-order valence-electron chi connectivity index (χ3n) is 2.85. The Labute approximate surface area is 101 Å². The molecule has 0 spiro atoms. The van der Waals surface area contributed by atoms with E-state index in [9.17, 15) is 0 Å². The van der Waals surface area contributed by atoms with Crippen molar-refractivity contribution < 1.29 is 0 Å². The summed E-state index contributed by atoms with van der Waals surface area (Å²) in [5, 5.41) is 4.89. The van der Waals surface area contributed by atoms with Gasteiger partial charge in [-0.25, -0.2) is 4.98 Å². The van der Waals surface area contributed by atoms with Crippen LogP contribution in [0.3, 0.4) is 0 Å². The van der Waals surface area contributed by atoms with Crippen molar-refractivity contribution in [1.82, 2.24) is 10.3 Å². The predicted molar refractivity (Wildman–Crippen MR) is 69.0 cm³/mol. The Morgan fingerprint density at radius 2 is 2.06 bits per heavy atom. The molecular weight excluding hydrogens is 220 g/mol. The van der Waals surface area contributed by atoms with Crippen molar-refractivity contribution in [3.63, 3.8) is 0 Å². The number of nitrogens with zero attached hydrogens (tertiary/aromatic N) is 1. The van der Waals surface area contributed by atoms with E-state index >= 15 is 0 Å². The van der Waals surface area contributed by atoms with Gasteiger partial charge in [0.15, 0.2) is 0 Å². The van der Waals surface area contributed by atoms with Crippen LogP contribution in [0.15, 0.2) is 24.3 Å². The van der Waals surface area contributed by atoms with Crippen molar-refractivity contribution in [2.75, 3.05) is 7.05 Å². The van der Waals surface area contributed by atoms with Crippen LogP contribution in [0, 0.1) is 6.92 Å². The SMILES string of the molecule is CN[C@H](C)c1cc2ccc(C)cc2nc1Cl. The van der Waals surface area contributed by atoms with E-state index in [1.807, 2.05) is 7.05 Å². The van der Waals surface area contributed by atoms with Crippen LogP contribution in [0.25, 0.3) is 10.9 Å². The number of aromatic nitrogens is 1. The van der Waals surface area contributed by atoms with Gasteiger partial charge >= 0.3 is 0 Å². The number of aryl methyl sites for hydroxylation is 1. The van der Waals surface area contributed by atoms with Gasteiger partial charge in [0.1, 0.15) is 5.15 Å². The summed E-state index contributed by atoms with van der Waals surface area (Å²) in [6.45, 7) is 4.13. The van der Waals surface area contributed by atoms with E-state index in [1.54, 1.807) is 0 Å². The van der Waals surface area contributed by atoms with Gasteiger partial charge in [-0.3, -0.25) is 0 Å². The lowest BCUT2D eigenvalue weighted by atomic mass is 10.1. The molecule has 1 atom stereocenters. The fourth-order valence-electron chi connectivity index (χ4n) is 1.73. The van der Waals surface area contributed by atoms with Gasteiger partial charge in [0.05, 0.1) is 5.52 Å². The molecule has 0 saturated heterocycles. The number of rotatable bonds is 2. The Morgan fingerprint density at radius 1 is 1.31 bits per heavy atom. The molecule has 0 fully saturated rings. The third kappa shape index (κ3) is 2.04. The number of pyridine rings is 1. The summed E-state index contributed by atoms with van der Waals surface area (Å²) in [5.74, 6) is 0. The zero-order valence-electron chi connectivity index (χ0n) is 9.71. The van der Waals surface area contributed by atoms with Crippen molar-refractivity contribution in [2.24, 2.45) is 0 Å². The van der Waals surface area contributed by atoms with E-state index < -0.39 is 0 Å². The maximum Gasteiger partial charge on any atom is 0.134 e. The smallest absolute Gasteiger partial charge is 0.134 e. The third-order valence-corrected chi connectivity index (χ3v) is 3.16. The van der Waals surface area contributed by atoms with Crippen LogP contribution >= 0.6 is 11.6 Å². The van der Waals surface area contributed by atoms with Crippen LogP contribution in [0.2, 0.25) is 5.15 Å². The molecule has 84 valence electrons. The summed E-state index contributed by atoms with van der Waals surface area (Å²) in [7, 11) is 1.92. The normalized spacial score (nSPS) is 13.0. The molecule has 2 nitrogen and oxygen atoms in total. The predicted octanol–water partition coefficient (Wildman–Crippen LogP) is 3.48. The first kappa shape index (κ1) is 11.4. The summed E-state index contributed by atoms with van der Waals surface area (Å²) in [4.78, 5) is 4.43. The zero-order chi connectivity index (χ0) is 11.7. The summed E-state index contributed by atoms with van der Waals surface area (Å²) in [5.41, 5.74) is 3.20. The molecule has 3 heteroatoms. The van der Waals surface area contributed by atoms with E-state index in [2.05, 4.69) is 48.4 Å². The molecule has 1 aromatic heterocycles. The monoisotopic (exact) mass is 234 g/mol. The van der Waals surface area contributed by atoms with Crippen LogP contribution in [-0.2, 0) is 0 Å². The number of hydrogen-bond acceptors (Lipinski definition) is 2. The minimum atomic E-state index is 0.214. The summed E-state index contributed by atoms with van der Waals surface area (Å²) < 4.78 is 0. The Kier molecular flexibility index (Phi) is 3.13. The van der Waals surface area contributed by atoms with Crippen molar-refractivity contribution >= 4 is 22.5 Å². The first-order chi connectivity index (χ1) is 7.61. The molecule has 1 aromatic carbocycles. The van der Waals surface area contributed by atoms with Crippen LogP contribution in [0.4, 0.5) is 0 Å². The second kappa shape index (κ2) is 4.40. The molecule has 0 aliphatic heterocycles. The minimum absolute atomic E-state index is 0.214. The van der Waals surface area contributed by atoms with Crippen molar-refractivity contribution in [2.45, 2.75) is 19.9 Å². The van der Waals surface area contributed by atoms with Gasteiger partial charge < -0.3 is 5.32 Å². The van der Waals surface area contributed by atoms with Crippen LogP contribution in [0.1, 0.15) is 24.1 Å². The first-order valence-electron chi connectivity index (χ1n) is 5.36. The number of benzene rings is 1. The molecule has 0 aliphatic carbocycles. The van der Waals surface area contributed by atoms with Gasteiger partial charge in [0.2, 0.25) is 0 Å². The van der Waals surface area contributed by atoms with Crippen molar-refractivity contribution in [3.05, 3.63) is 40.5 Å². The van der Waals surface area contributed by atoms with E-state index in [0.29, 0.717) is 5.15 Å². The largest absolute Gasteiger partial charge is 0.313 e. The van der Waals surface area contributed by atoms with Gasteiger partial charge in [-0.05, 0) is 38.6 Å². The van der Waals surface area contributed by atoms with Crippen LogP contribution in [0.5, 0.6) is 0 Å². The Balaban J connectivity index is 2.62. The number of nitrogens with one attached hydrogen (secondary N) is 1. The second-order valence-electron chi connectivity index (χ2n) is 4.07. The molecule has 0 bridgehead atoms. The summed E-state index contributed by atoms with van der Waals surface area (Å²) >= 11 is 6.18. The standard InChI is InChI=1S/C13H15ClN2/c1-8-4-5-10-7-11(9(2)15-3)13(14)16-12(10)6-8/h4-7,9,15H,1-3H3/t9-/m1/s1. The van der Waals surface area contributed by atoms with Gasteiger partial charge in [-0.2, -0.15) is 0 Å². The van der Waals surface area contributed by atoms with E-state index in [1.165, 1.54) is 5.56 Å². The quantitative estimate of drug-likeness (QED) is 0.805. The highest BCUT2D eigenvalue weighted by Crippen LogP contribution is 2.25. The number of fused-ring (bicyclic) bond motifs is 1. The maximum absolute atomic E-state index is 6.18. The van der Waals surface area contributed by atoms with Crippen molar-refractivity contribution in [1.29, 1.82) is 0 Å². The molecule has 0 saturated carbocycles. The highest BCUT2D eigenvalue weighted by molar-refractivity contribution is 6.30. The fourth-order valence-corrected chi connectivity index (χ4v) is 2.04. The number of hydrogen-bond donors (Lipinski definition) is 1. The highest BCUT2D eigenvalue weighted by atomic mass is 35.5. The molecule has 0 amide bonds. The Hall–Kier alpha value is -1.12. The molecule has 0 aliphatic rings. The molecule has 2 rings (SSSR count). The number of halogens is 1. The minimum Gasteiger partial charge on any atom is -0.313 e. The van der Waals surface area contributed by atoms with Gasteiger partial charge in [0, 0.05) is 17.0 Å². The average molecular weight is 235 g/mol. The maximum atomic E-state index is 6.18. The van der Waals surface area contributed by atoms with E-state index in [0.717, 1.165) is 16.5 Å². The topological polar surface area (TPSA) is 24.9 Å². The molecule has 1 heterocycles. The van der Waals surface area contributed by atoms with Crippen LogP contribution in [-0.4, -0.2) is 12.0 Å². The average Bonchev–Trinajstić information content (AvgIpc) is 2.27. The summed E-state index contributed by atoms with van der Waals surface area (Å²) in [6, 6.07) is 8.54. The van der Waals surface area contributed by atoms with E-state index in [4.69, 9.17) is 11.6 Å². The molecule has 1 N–H and O–H groups in total. The Morgan fingerprint density at radius 3 is 2.75 bits per heavy atom. The molecule has 0 unspecified atom stereocenters. The Bertz CT molecular complexity index is 523. The van der Waals surface area contributed by atoms with Gasteiger partial charge in [-0.1, -0.05) is 23.7 Å². The highest BCUT2D eigenvalue weighted by Gasteiger charge is 2.10. The van der Waals surface area contributed by atoms with Gasteiger partial charge in [0.25, 0.3) is 0 Å². The van der Waals surface area contributed by atoms with Gasteiger partial charge in [-0.15, -0.1) is 0 Å². The second-order valence-corrected chi connectivity index (χ2v) is 4.43. The molecule has 16 heavy (non-hydrogen) atoms. The zero-order valence-corrected chi connectivity index (χ0v) is 10.5. The van der Waals surface area contributed by atoms with E-state index in [-0.39, 0.29) is 6.04 Å².